The van der Waals surface area contributed by atoms with Crippen LogP contribution in [0.15, 0.2) is 52.7 Å². The minimum atomic E-state index is -3.69. The first-order chi connectivity index (χ1) is 12.3. The van der Waals surface area contributed by atoms with Crippen molar-refractivity contribution in [2.75, 3.05) is 6.54 Å². The zero-order chi connectivity index (χ0) is 18.7. The molecule has 136 valence electrons. The highest BCUT2D eigenvalue weighted by molar-refractivity contribution is 7.89. The molecule has 1 aromatic carbocycles. The number of sulfonamides is 1. The average Bonchev–Trinajstić information content (AvgIpc) is 3.23. The van der Waals surface area contributed by atoms with E-state index in [-0.39, 0.29) is 10.8 Å². The van der Waals surface area contributed by atoms with E-state index in [1.54, 1.807) is 41.3 Å². The number of benzene rings is 1. The summed E-state index contributed by atoms with van der Waals surface area (Å²) in [7, 11) is -1.89. The lowest BCUT2D eigenvalue weighted by Gasteiger charge is -2.04. The maximum Gasteiger partial charge on any atom is 0.271 e. The molecule has 0 aliphatic carbocycles. The van der Waals surface area contributed by atoms with Crippen molar-refractivity contribution in [3.63, 3.8) is 0 Å². The second kappa shape index (κ2) is 7.40. The predicted molar refractivity (Wildman–Crippen MR) is 100 cm³/mol. The van der Waals surface area contributed by atoms with Crippen LogP contribution < -0.4 is 10.5 Å². The van der Waals surface area contributed by atoms with Crippen LogP contribution in [0.5, 0.6) is 0 Å². The van der Waals surface area contributed by atoms with Crippen molar-refractivity contribution in [2.45, 2.75) is 11.3 Å². The predicted octanol–water partition coefficient (Wildman–Crippen LogP) is 1.77. The molecule has 26 heavy (non-hydrogen) atoms. The number of rotatable bonds is 6. The Bertz CT molecular complexity index is 1010. The number of hydrogen-bond acceptors (Lipinski definition) is 5. The van der Waals surface area contributed by atoms with Crippen molar-refractivity contribution in [3.05, 3.63) is 59.1 Å². The monoisotopic (exact) mass is 390 g/mol. The van der Waals surface area contributed by atoms with Crippen LogP contribution in [-0.4, -0.2) is 30.7 Å². The molecule has 3 aromatic rings. The van der Waals surface area contributed by atoms with Crippen LogP contribution in [0, 0.1) is 0 Å². The van der Waals surface area contributed by atoms with Gasteiger partial charge >= 0.3 is 0 Å². The summed E-state index contributed by atoms with van der Waals surface area (Å²) in [6.07, 6.45) is 0.571. The van der Waals surface area contributed by atoms with Crippen molar-refractivity contribution < 1.29 is 13.2 Å². The Morgan fingerprint density at radius 1 is 1.27 bits per heavy atom. The summed E-state index contributed by atoms with van der Waals surface area (Å²) in [4.78, 5) is 13.4. The molecule has 0 unspecified atom stereocenters. The van der Waals surface area contributed by atoms with E-state index in [2.05, 4.69) is 10.4 Å². The van der Waals surface area contributed by atoms with Crippen molar-refractivity contribution >= 4 is 27.3 Å². The minimum absolute atomic E-state index is 0.0693. The van der Waals surface area contributed by atoms with E-state index in [0.29, 0.717) is 18.7 Å². The molecule has 3 rings (SSSR count). The highest BCUT2D eigenvalue weighted by Crippen LogP contribution is 2.24. The fourth-order valence-electron chi connectivity index (χ4n) is 2.49. The molecule has 0 fully saturated rings. The van der Waals surface area contributed by atoms with Gasteiger partial charge in [0.2, 0.25) is 10.0 Å². The molecule has 0 bridgehead atoms. The van der Waals surface area contributed by atoms with Gasteiger partial charge in [0.05, 0.1) is 15.5 Å². The second-order valence-corrected chi connectivity index (χ2v) is 8.22. The Balaban J connectivity index is 1.59. The maximum absolute atomic E-state index is 12.3. The Kier molecular flexibility index (Phi) is 5.21. The maximum atomic E-state index is 12.3. The summed E-state index contributed by atoms with van der Waals surface area (Å²) in [6.45, 7) is 0.415. The number of aromatic nitrogens is 2. The fourth-order valence-corrected chi connectivity index (χ4v) is 3.78. The third kappa shape index (κ3) is 4.18. The van der Waals surface area contributed by atoms with Crippen LogP contribution in [0.4, 0.5) is 0 Å². The number of carbonyl (C=O) groups is 1. The first kappa shape index (κ1) is 18.3. The van der Waals surface area contributed by atoms with E-state index in [9.17, 15) is 13.2 Å². The second-order valence-electron chi connectivity index (χ2n) is 5.71. The van der Waals surface area contributed by atoms with Crippen LogP contribution in [-0.2, 0) is 23.5 Å². The van der Waals surface area contributed by atoms with Crippen LogP contribution in [0.2, 0.25) is 0 Å². The van der Waals surface area contributed by atoms with Gasteiger partial charge in [-0.05, 0) is 41.6 Å². The summed E-state index contributed by atoms with van der Waals surface area (Å²) >= 11 is 1.59. The Labute approximate surface area is 155 Å². The van der Waals surface area contributed by atoms with Crippen molar-refractivity contribution in [1.82, 2.24) is 15.1 Å². The molecule has 0 saturated heterocycles. The van der Waals surface area contributed by atoms with Gasteiger partial charge in [0.1, 0.15) is 0 Å². The molecule has 7 nitrogen and oxygen atoms in total. The average molecular weight is 390 g/mol. The molecular weight excluding hydrogens is 372 g/mol. The van der Waals surface area contributed by atoms with Gasteiger partial charge in [0, 0.05) is 13.6 Å². The van der Waals surface area contributed by atoms with Crippen molar-refractivity contribution in [3.8, 4) is 10.6 Å². The molecule has 0 saturated carbocycles. The number of hydrogen-bond donors (Lipinski definition) is 2. The Hall–Kier alpha value is -2.49. The van der Waals surface area contributed by atoms with E-state index >= 15 is 0 Å². The smallest absolute Gasteiger partial charge is 0.271 e. The van der Waals surface area contributed by atoms with Gasteiger partial charge in [-0.15, -0.1) is 11.3 Å². The first-order valence-corrected chi connectivity index (χ1v) is 10.2. The van der Waals surface area contributed by atoms with E-state index in [4.69, 9.17) is 5.14 Å². The summed E-state index contributed by atoms with van der Waals surface area (Å²) in [6, 6.07) is 12.0. The number of nitrogens with one attached hydrogen (secondary N) is 1. The first-order valence-electron chi connectivity index (χ1n) is 7.82. The van der Waals surface area contributed by atoms with E-state index in [0.717, 1.165) is 16.1 Å². The third-order valence-corrected chi connectivity index (χ3v) is 5.66. The Morgan fingerprint density at radius 2 is 2.00 bits per heavy atom. The molecule has 0 aliphatic rings. The zero-order valence-corrected chi connectivity index (χ0v) is 15.7. The molecule has 0 aliphatic heterocycles. The number of primary sulfonamides is 1. The number of amides is 1. The van der Waals surface area contributed by atoms with Gasteiger partial charge in [-0.2, -0.15) is 5.10 Å². The lowest BCUT2D eigenvalue weighted by molar-refractivity contribution is 0.0948. The van der Waals surface area contributed by atoms with Gasteiger partial charge in [-0.3, -0.25) is 9.48 Å². The molecule has 9 heteroatoms. The zero-order valence-electron chi connectivity index (χ0n) is 14.0. The molecular formula is C17H18N4O3S2. The van der Waals surface area contributed by atoms with Crippen molar-refractivity contribution in [1.29, 1.82) is 0 Å². The number of thiophene rings is 1. The largest absolute Gasteiger partial charge is 0.350 e. The van der Waals surface area contributed by atoms with Gasteiger partial charge in [-0.1, -0.05) is 18.2 Å². The molecule has 3 N–H and O–H groups in total. The summed E-state index contributed by atoms with van der Waals surface area (Å²) < 4.78 is 24.2. The summed E-state index contributed by atoms with van der Waals surface area (Å²) in [5.41, 5.74) is 2.15. The number of nitrogens with zero attached hydrogens (tertiary/aromatic N) is 2. The molecule has 2 heterocycles. The van der Waals surface area contributed by atoms with Gasteiger partial charge in [0.15, 0.2) is 5.69 Å². The van der Waals surface area contributed by atoms with Crippen LogP contribution >= 0.6 is 11.3 Å². The molecule has 1 amide bonds. The lowest BCUT2D eigenvalue weighted by atomic mass is 10.1. The minimum Gasteiger partial charge on any atom is -0.350 e. The summed E-state index contributed by atoms with van der Waals surface area (Å²) in [5.74, 6) is -0.246. The lowest BCUT2D eigenvalue weighted by Crippen LogP contribution is -2.26. The molecule has 0 radical (unpaired) electrons. The summed E-state index contributed by atoms with van der Waals surface area (Å²) in [5, 5.41) is 14.1. The quantitative estimate of drug-likeness (QED) is 0.669. The SMILES string of the molecule is Cn1nc(C(=O)NCCc2ccc(S(N)(=O)=O)cc2)cc1-c1cccs1. The third-order valence-electron chi connectivity index (χ3n) is 3.84. The van der Waals surface area contributed by atoms with Crippen LogP contribution in [0.3, 0.4) is 0 Å². The highest BCUT2D eigenvalue weighted by atomic mass is 32.2. The van der Waals surface area contributed by atoms with Crippen LogP contribution in [0.25, 0.3) is 10.6 Å². The molecule has 0 atom stereocenters. The van der Waals surface area contributed by atoms with Crippen LogP contribution in [0.1, 0.15) is 16.1 Å². The van der Waals surface area contributed by atoms with Gasteiger partial charge < -0.3 is 5.32 Å². The molecule has 0 spiro atoms. The van der Waals surface area contributed by atoms with Gasteiger partial charge in [0.25, 0.3) is 5.91 Å². The number of nitrogens with two attached hydrogens (primary N) is 1. The highest BCUT2D eigenvalue weighted by Gasteiger charge is 2.14. The van der Waals surface area contributed by atoms with Crippen molar-refractivity contribution in [2.24, 2.45) is 12.2 Å². The van der Waals surface area contributed by atoms with E-state index in [1.165, 1.54) is 12.1 Å². The van der Waals surface area contributed by atoms with E-state index in [1.807, 2.05) is 17.5 Å². The van der Waals surface area contributed by atoms with Gasteiger partial charge in [-0.25, -0.2) is 13.6 Å². The molecule has 2 aromatic heterocycles. The number of aryl methyl sites for hydroxylation is 1. The fraction of sp³-hybridized carbons (Fsp3) is 0.176. The number of carbonyl (C=O) groups excluding carboxylic acids is 1. The standard InChI is InChI=1S/C17H18N4O3S2/c1-21-15(16-3-2-10-25-16)11-14(20-21)17(22)19-9-8-12-4-6-13(7-5-12)26(18,23)24/h2-7,10-11H,8-9H2,1H3,(H,19,22)(H2,18,23,24). The topological polar surface area (TPSA) is 107 Å². The normalized spacial score (nSPS) is 11.5. The Morgan fingerprint density at radius 3 is 2.62 bits per heavy atom. The van der Waals surface area contributed by atoms with E-state index < -0.39 is 10.0 Å².